The topological polar surface area (TPSA) is 36.3 Å². The average molecular weight is 222 g/mol. The van der Waals surface area contributed by atoms with Crippen LogP contribution in [-0.4, -0.2) is 37.2 Å². The van der Waals surface area contributed by atoms with E-state index in [1.807, 2.05) is 6.92 Å². The fraction of sp³-hybridized carbons (Fsp3) is 0.769. The molecule has 0 N–H and O–H groups in total. The van der Waals surface area contributed by atoms with E-state index in [0.717, 1.165) is 26.1 Å². The second-order valence-electron chi connectivity index (χ2n) is 3.61. The predicted molar refractivity (Wildman–Crippen MR) is 65.8 cm³/mol. The quantitative estimate of drug-likeness (QED) is 0.488. The summed E-state index contributed by atoms with van der Waals surface area (Å²) in [5.41, 5.74) is 0. The Morgan fingerprint density at radius 1 is 1.25 bits per heavy atom. The van der Waals surface area contributed by atoms with Crippen molar-refractivity contribution in [1.29, 1.82) is 5.26 Å². The van der Waals surface area contributed by atoms with Gasteiger partial charge in [0, 0.05) is 6.42 Å². The minimum Gasteiger partial charge on any atom is -0.376 e. The maximum Gasteiger partial charge on any atom is 0.0656 e. The molecule has 0 bridgehead atoms. The molecule has 3 nitrogen and oxygen atoms in total. The van der Waals surface area contributed by atoms with Crippen LogP contribution in [0.25, 0.3) is 0 Å². The van der Waals surface area contributed by atoms with Gasteiger partial charge in [-0.1, -0.05) is 25.7 Å². The van der Waals surface area contributed by atoms with Gasteiger partial charge in [-0.3, -0.25) is 4.90 Å². The molecule has 0 spiro atoms. The van der Waals surface area contributed by atoms with Crippen molar-refractivity contribution in [3.8, 4) is 17.9 Å². The Kier molecular flexibility index (Phi) is 9.81. The number of ether oxygens (including phenoxy) is 1. The number of hydrogen-bond acceptors (Lipinski definition) is 3. The van der Waals surface area contributed by atoms with Crippen molar-refractivity contribution in [3.63, 3.8) is 0 Å². The molecule has 0 amide bonds. The highest BCUT2D eigenvalue weighted by Crippen LogP contribution is 1.96. The molecule has 0 fully saturated rings. The highest BCUT2D eigenvalue weighted by molar-refractivity contribution is 5.02. The lowest BCUT2D eigenvalue weighted by Crippen LogP contribution is -2.22. The molecule has 0 unspecified atom stereocenters. The standard InChI is InChI=1S/C13H22N2O/c1-4-15(5-2)11-7-6-9-13(3)16-12-8-10-14/h13H,4-5,8-9,11-12H2,1-3H3/t13-/m0/s1. The highest BCUT2D eigenvalue weighted by Gasteiger charge is 1.98. The van der Waals surface area contributed by atoms with Crippen molar-refractivity contribution in [2.24, 2.45) is 0 Å². The van der Waals surface area contributed by atoms with Gasteiger partial charge in [0.15, 0.2) is 0 Å². The number of rotatable bonds is 7. The van der Waals surface area contributed by atoms with Crippen LogP contribution in [0, 0.1) is 23.2 Å². The van der Waals surface area contributed by atoms with Gasteiger partial charge in [0.25, 0.3) is 0 Å². The molecule has 3 heteroatoms. The molecule has 90 valence electrons. The van der Waals surface area contributed by atoms with Crippen molar-refractivity contribution in [3.05, 3.63) is 0 Å². The summed E-state index contributed by atoms with van der Waals surface area (Å²) in [4.78, 5) is 2.27. The lowest BCUT2D eigenvalue weighted by Gasteiger charge is -2.13. The van der Waals surface area contributed by atoms with E-state index in [-0.39, 0.29) is 6.10 Å². The fourth-order valence-corrected chi connectivity index (χ4v) is 1.20. The normalized spacial score (nSPS) is 11.7. The third-order valence-corrected chi connectivity index (χ3v) is 2.33. The van der Waals surface area contributed by atoms with Gasteiger partial charge in [-0.2, -0.15) is 5.26 Å². The van der Waals surface area contributed by atoms with E-state index in [1.54, 1.807) is 0 Å². The maximum absolute atomic E-state index is 8.35. The predicted octanol–water partition coefficient (Wildman–Crippen LogP) is 2.04. The molecule has 0 saturated carbocycles. The van der Waals surface area contributed by atoms with Gasteiger partial charge >= 0.3 is 0 Å². The van der Waals surface area contributed by atoms with Gasteiger partial charge in [-0.15, -0.1) is 0 Å². The first-order chi connectivity index (χ1) is 7.74. The van der Waals surface area contributed by atoms with Gasteiger partial charge in [0.2, 0.25) is 0 Å². The Bertz CT molecular complexity index is 255. The summed E-state index contributed by atoms with van der Waals surface area (Å²) in [5.74, 6) is 6.25. The van der Waals surface area contributed by atoms with Gasteiger partial charge in [-0.05, 0) is 20.0 Å². The van der Waals surface area contributed by atoms with E-state index < -0.39 is 0 Å². The van der Waals surface area contributed by atoms with Crippen molar-refractivity contribution in [2.75, 3.05) is 26.2 Å². The van der Waals surface area contributed by atoms with Gasteiger partial charge in [0.1, 0.15) is 0 Å². The molecule has 1 atom stereocenters. The first kappa shape index (κ1) is 15.0. The van der Waals surface area contributed by atoms with E-state index >= 15 is 0 Å². The lowest BCUT2D eigenvalue weighted by atomic mass is 10.3. The van der Waals surface area contributed by atoms with E-state index in [1.165, 1.54) is 0 Å². The van der Waals surface area contributed by atoms with Gasteiger partial charge in [0.05, 0.1) is 31.7 Å². The minimum absolute atomic E-state index is 0.123. The summed E-state index contributed by atoms with van der Waals surface area (Å²) < 4.78 is 5.40. The molecule has 16 heavy (non-hydrogen) atoms. The largest absolute Gasteiger partial charge is 0.376 e. The fourth-order valence-electron chi connectivity index (χ4n) is 1.20. The van der Waals surface area contributed by atoms with E-state index in [9.17, 15) is 0 Å². The number of nitriles is 1. The van der Waals surface area contributed by atoms with Crippen LogP contribution in [0.5, 0.6) is 0 Å². The van der Waals surface area contributed by atoms with Crippen LogP contribution < -0.4 is 0 Å². The smallest absolute Gasteiger partial charge is 0.0656 e. The first-order valence-electron chi connectivity index (χ1n) is 5.91. The third-order valence-electron chi connectivity index (χ3n) is 2.33. The molecule has 0 aliphatic rings. The SMILES string of the molecule is CCN(CC)CC#CC[C@H](C)OCCC#N. The highest BCUT2D eigenvalue weighted by atomic mass is 16.5. The Morgan fingerprint density at radius 3 is 2.50 bits per heavy atom. The zero-order valence-corrected chi connectivity index (χ0v) is 10.6. The van der Waals surface area contributed by atoms with Crippen molar-refractivity contribution < 1.29 is 4.74 Å². The molecule has 0 aliphatic heterocycles. The molecule has 0 saturated heterocycles. The van der Waals surface area contributed by atoms with Crippen molar-refractivity contribution >= 4 is 0 Å². The maximum atomic E-state index is 8.35. The molecule has 0 aliphatic carbocycles. The van der Waals surface area contributed by atoms with Crippen LogP contribution >= 0.6 is 0 Å². The van der Waals surface area contributed by atoms with Crippen LogP contribution in [0.4, 0.5) is 0 Å². The minimum atomic E-state index is 0.123. The monoisotopic (exact) mass is 222 g/mol. The van der Waals surface area contributed by atoms with Crippen LogP contribution in [-0.2, 0) is 4.74 Å². The molecule has 0 aromatic rings. The summed E-state index contributed by atoms with van der Waals surface area (Å²) >= 11 is 0. The van der Waals surface area contributed by atoms with Crippen LogP contribution in [0.2, 0.25) is 0 Å². The van der Waals surface area contributed by atoms with E-state index in [0.29, 0.717) is 13.0 Å². The van der Waals surface area contributed by atoms with Gasteiger partial charge < -0.3 is 4.74 Å². The summed E-state index contributed by atoms with van der Waals surface area (Å²) in [6, 6.07) is 2.05. The summed E-state index contributed by atoms with van der Waals surface area (Å²) in [7, 11) is 0. The Balaban J connectivity index is 3.62. The van der Waals surface area contributed by atoms with Crippen molar-refractivity contribution in [2.45, 2.75) is 39.7 Å². The third kappa shape index (κ3) is 8.29. The molecule has 0 aromatic heterocycles. The van der Waals surface area contributed by atoms with E-state index in [2.05, 4.69) is 36.7 Å². The van der Waals surface area contributed by atoms with Crippen LogP contribution in [0.1, 0.15) is 33.6 Å². The second-order valence-corrected chi connectivity index (χ2v) is 3.61. The average Bonchev–Trinajstić information content (AvgIpc) is 2.30. The number of hydrogen-bond donors (Lipinski definition) is 0. The Morgan fingerprint density at radius 2 is 1.94 bits per heavy atom. The summed E-state index contributed by atoms with van der Waals surface area (Å²) in [6.45, 7) is 9.69. The molecule has 0 radical (unpaired) electrons. The molecular formula is C13H22N2O. The summed E-state index contributed by atoms with van der Waals surface area (Å²) in [6.07, 6.45) is 1.32. The van der Waals surface area contributed by atoms with Crippen molar-refractivity contribution in [1.82, 2.24) is 4.90 Å². The zero-order valence-electron chi connectivity index (χ0n) is 10.6. The Hall–Kier alpha value is -1.03. The van der Waals surface area contributed by atoms with E-state index in [4.69, 9.17) is 10.00 Å². The van der Waals surface area contributed by atoms with Gasteiger partial charge in [-0.25, -0.2) is 0 Å². The molecular weight excluding hydrogens is 200 g/mol. The molecule has 0 aromatic carbocycles. The van der Waals surface area contributed by atoms with Crippen LogP contribution in [0.3, 0.4) is 0 Å². The van der Waals surface area contributed by atoms with Crippen LogP contribution in [0.15, 0.2) is 0 Å². The Labute approximate surface area is 99.4 Å². The molecule has 0 heterocycles. The lowest BCUT2D eigenvalue weighted by molar-refractivity contribution is 0.0739. The second kappa shape index (κ2) is 10.5. The molecule has 0 rings (SSSR count). The zero-order chi connectivity index (χ0) is 12.2. The number of nitrogens with zero attached hydrogens (tertiary/aromatic N) is 2. The first-order valence-corrected chi connectivity index (χ1v) is 5.91. The summed E-state index contributed by atoms with van der Waals surface area (Å²) in [5, 5.41) is 8.35.